The van der Waals surface area contributed by atoms with Crippen LogP contribution >= 0.6 is 23.2 Å². The monoisotopic (exact) mass is 517 g/mol. The summed E-state index contributed by atoms with van der Waals surface area (Å²) >= 11 is 12.7. The summed E-state index contributed by atoms with van der Waals surface area (Å²) in [4.78, 5) is 2.77. The van der Waals surface area contributed by atoms with Crippen molar-refractivity contribution in [3.8, 4) is 16.9 Å². The first-order valence-corrected chi connectivity index (χ1v) is 13.7. The smallest absolute Gasteiger partial charge is 0.122 e. The minimum atomic E-state index is 0.173. The maximum atomic E-state index is 6.47. The zero-order chi connectivity index (χ0) is 25.2. The van der Waals surface area contributed by atoms with E-state index in [2.05, 4.69) is 74.7 Å². The van der Waals surface area contributed by atoms with Gasteiger partial charge in [0, 0.05) is 31.0 Å². The van der Waals surface area contributed by atoms with Crippen molar-refractivity contribution in [1.29, 1.82) is 0 Å². The van der Waals surface area contributed by atoms with Gasteiger partial charge in [-0.25, -0.2) is 0 Å². The molecule has 1 aliphatic carbocycles. The van der Waals surface area contributed by atoms with E-state index < -0.39 is 0 Å². The normalized spacial score (nSPS) is 23.8. The zero-order valence-corrected chi connectivity index (χ0v) is 22.8. The van der Waals surface area contributed by atoms with E-state index in [4.69, 9.17) is 27.9 Å². The molecular formula is C32H33Cl2NO. The van der Waals surface area contributed by atoms with Gasteiger partial charge in [-0.15, -0.1) is 6.58 Å². The number of rotatable bonds is 5. The summed E-state index contributed by atoms with van der Waals surface area (Å²) in [5.74, 6) is 1.44. The lowest BCUT2D eigenvalue weighted by atomic mass is 9.56. The fraction of sp³-hybridized carbons (Fsp3) is 0.375. The molecule has 1 fully saturated rings. The van der Waals surface area contributed by atoms with Crippen LogP contribution in [0.25, 0.3) is 11.1 Å². The number of piperidine rings is 1. The van der Waals surface area contributed by atoms with Crippen molar-refractivity contribution in [2.75, 3.05) is 6.61 Å². The van der Waals surface area contributed by atoms with Gasteiger partial charge in [0.25, 0.3) is 0 Å². The molecule has 0 aromatic heterocycles. The SMILES string of the molecule is C=C(C)CC1C2c3c(-c4ccc(Cl)c(Cl)c4)cccc3C(CC2(C)C)N1Cc1ccc2c(c1)CCO2. The van der Waals surface area contributed by atoms with Crippen LogP contribution in [0, 0.1) is 5.41 Å². The average Bonchev–Trinajstić information content (AvgIpc) is 3.29. The molecule has 186 valence electrons. The maximum absolute atomic E-state index is 6.47. The highest BCUT2D eigenvalue weighted by molar-refractivity contribution is 6.42. The molecule has 3 atom stereocenters. The van der Waals surface area contributed by atoms with Gasteiger partial charge in [0.15, 0.2) is 0 Å². The molecule has 2 bridgehead atoms. The molecule has 0 saturated carbocycles. The third-order valence-corrected chi connectivity index (χ3v) is 9.23. The predicted octanol–water partition coefficient (Wildman–Crippen LogP) is 9.00. The fourth-order valence-corrected chi connectivity index (χ4v) is 7.36. The summed E-state index contributed by atoms with van der Waals surface area (Å²) in [5.41, 5.74) is 9.51. The number of benzene rings is 3. The number of hydrogen-bond donors (Lipinski definition) is 0. The van der Waals surface area contributed by atoms with Crippen molar-refractivity contribution in [3.05, 3.63) is 99.0 Å². The Balaban J connectivity index is 1.48. The Hall–Kier alpha value is -2.26. The lowest BCUT2D eigenvalue weighted by molar-refractivity contribution is -0.0310. The van der Waals surface area contributed by atoms with Crippen molar-refractivity contribution in [2.45, 2.75) is 64.6 Å². The van der Waals surface area contributed by atoms with Crippen LogP contribution in [-0.4, -0.2) is 17.5 Å². The highest BCUT2D eigenvalue weighted by atomic mass is 35.5. The van der Waals surface area contributed by atoms with Crippen molar-refractivity contribution >= 4 is 23.2 Å². The molecule has 2 nitrogen and oxygen atoms in total. The lowest BCUT2D eigenvalue weighted by Gasteiger charge is -2.60. The van der Waals surface area contributed by atoms with Crippen LogP contribution in [0.3, 0.4) is 0 Å². The molecule has 0 N–H and O–H groups in total. The highest BCUT2D eigenvalue weighted by Crippen LogP contribution is 2.62. The van der Waals surface area contributed by atoms with Gasteiger partial charge in [-0.05, 0) is 76.8 Å². The molecule has 1 saturated heterocycles. The predicted molar refractivity (Wildman–Crippen MR) is 150 cm³/mol. The number of halogens is 2. The minimum absolute atomic E-state index is 0.173. The molecule has 4 heteroatoms. The van der Waals surface area contributed by atoms with Crippen LogP contribution < -0.4 is 4.74 Å². The molecule has 3 aromatic carbocycles. The Morgan fingerprint density at radius 2 is 1.92 bits per heavy atom. The highest BCUT2D eigenvalue weighted by Gasteiger charge is 2.54. The molecular weight excluding hydrogens is 485 g/mol. The fourth-order valence-electron chi connectivity index (χ4n) is 7.06. The van der Waals surface area contributed by atoms with Crippen molar-refractivity contribution in [2.24, 2.45) is 5.41 Å². The van der Waals surface area contributed by atoms with Gasteiger partial charge in [-0.1, -0.05) is 79.0 Å². The van der Waals surface area contributed by atoms with Gasteiger partial charge in [0.05, 0.1) is 16.7 Å². The van der Waals surface area contributed by atoms with E-state index in [0.29, 0.717) is 28.0 Å². The number of fused-ring (bicyclic) bond motifs is 3. The zero-order valence-electron chi connectivity index (χ0n) is 21.3. The molecule has 7 rings (SSSR count). The molecule has 0 radical (unpaired) electrons. The van der Waals surface area contributed by atoms with Gasteiger partial charge in [0.1, 0.15) is 5.75 Å². The standard InChI is InChI=1S/C32H33Cl2NO/c1-19(2)14-27-31-30-23(21-9-10-25(33)26(34)16-21)6-5-7-24(30)28(17-32(31,3)4)35(27)18-20-8-11-29-22(15-20)12-13-36-29/h5-11,15-16,27-28,31H,1,12-14,17-18H2,2-4H3. The van der Waals surface area contributed by atoms with Crippen LogP contribution in [0.2, 0.25) is 10.0 Å². The Morgan fingerprint density at radius 1 is 1.08 bits per heavy atom. The van der Waals surface area contributed by atoms with Crippen LogP contribution in [0.5, 0.6) is 5.75 Å². The van der Waals surface area contributed by atoms with Gasteiger partial charge in [-0.3, -0.25) is 4.90 Å². The second-order valence-corrected chi connectivity index (χ2v) is 12.4. The van der Waals surface area contributed by atoms with E-state index in [0.717, 1.165) is 43.7 Å². The Bertz CT molecular complexity index is 1360. The van der Waals surface area contributed by atoms with Crippen molar-refractivity contribution in [1.82, 2.24) is 4.90 Å². The molecule has 3 heterocycles. The first-order chi connectivity index (χ1) is 17.2. The molecule has 3 unspecified atom stereocenters. The molecule has 4 aliphatic rings. The minimum Gasteiger partial charge on any atom is -0.493 e. The third-order valence-electron chi connectivity index (χ3n) is 8.49. The third kappa shape index (κ3) is 3.99. The average molecular weight is 519 g/mol. The van der Waals surface area contributed by atoms with Gasteiger partial charge < -0.3 is 4.74 Å². The maximum Gasteiger partial charge on any atom is 0.122 e. The summed E-state index contributed by atoms with van der Waals surface area (Å²) in [6, 6.07) is 20.4. The van der Waals surface area contributed by atoms with E-state index in [1.807, 2.05) is 12.1 Å². The van der Waals surface area contributed by atoms with Crippen LogP contribution in [0.4, 0.5) is 0 Å². The van der Waals surface area contributed by atoms with E-state index >= 15 is 0 Å². The van der Waals surface area contributed by atoms with Crippen molar-refractivity contribution in [3.63, 3.8) is 0 Å². The number of hydrogen-bond acceptors (Lipinski definition) is 2. The van der Waals surface area contributed by atoms with Gasteiger partial charge in [0.2, 0.25) is 0 Å². The first-order valence-electron chi connectivity index (χ1n) is 13.0. The van der Waals surface area contributed by atoms with E-state index in [1.54, 1.807) is 0 Å². The second-order valence-electron chi connectivity index (χ2n) is 11.6. The largest absolute Gasteiger partial charge is 0.493 e. The summed E-state index contributed by atoms with van der Waals surface area (Å²) in [6.45, 7) is 13.2. The van der Waals surface area contributed by atoms with Crippen LogP contribution in [0.15, 0.2) is 66.7 Å². The van der Waals surface area contributed by atoms with E-state index in [1.165, 1.54) is 33.4 Å². The molecule has 36 heavy (non-hydrogen) atoms. The van der Waals surface area contributed by atoms with Gasteiger partial charge >= 0.3 is 0 Å². The molecule has 0 amide bonds. The number of ether oxygens (including phenoxy) is 1. The second kappa shape index (κ2) is 8.94. The molecule has 3 aromatic rings. The molecule has 3 aliphatic heterocycles. The summed E-state index contributed by atoms with van der Waals surface area (Å²) in [5, 5.41) is 1.20. The molecule has 0 spiro atoms. The van der Waals surface area contributed by atoms with Crippen LogP contribution in [-0.2, 0) is 13.0 Å². The first kappa shape index (κ1) is 24.1. The van der Waals surface area contributed by atoms with E-state index in [-0.39, 0.29) is 5.41 Å². The quantitative estimate of drug-likeness (QED) is 0.313. The topological polar surface area (TPSA) is 12.5 Å². The Kier molecular flexibility index (Phi) is 5.98. The lowest BCUT2D eigenvalue weighted by Crippen LogP contribution is -2.56. The summed E-state index contributed by atoms with van der Waals surface area (Å²) in [7, 11) is 0. The van der Waals surface area contributed by atoms with Crippen LogP contribution in [0.1, 0.15) is 67.8 Å². The number of nitrogens with zero attached hydrogens (tertiary/aromatic N) is 1. The summed E-state index contributed by atoms with van der Waals surface area (Å²) in [6.07, 6.45) is 3.15. The van der Waals surface area contributed by atoms with Crippen molar-refractivity contribution < 1.29 is 4.74 Å². The Labute approximate surface area is 224 Å². The van der Waals surface area contributed by atoms with E-state index in [9.17, 15) is 0 Å². The van der Waals surface area contributed by atoms with Gasteiger partial charge in [-0.2, -0.15) is 0 Å². The summed E-state index contributed by atoms with van der Waals surface area (Å²) < 4.78 is 5.77. The Morgan fingerprint density at radius 3 is 2.69 bits per heavy atom.